The van der Waals surface area contributed by atoms with Gasteiger partial charge in [0.2, 0.25) is 15.9 Å². The van der Waals surface area contributed by atoms with Gasteiger partial charge in [-0.05, 0) is 59.9 Å². The van der Waals surface area contributed by atoms with Crippen LogP contribution < -0.4 is 14.8 Å². The van der Waals surface area contributed by atoms with E-state index in [-0.39, 0.29) is 28.3 Å². The first-order valence-corrected chi connectivity index (χ1v) is 13.7. The first-order valence-electron chi connectivity index (χ1n) is 12.2. The maximum atomic E-state index is 13.2. The van der Waals surface area contributed by atoms with Crippen molar-refractivity contribution in [1.82, 2.24) is 19.8 Å². The number of hydrogen-bond acceptors (Lipinski definition) is 8. The highest BCUT2D eigenvalue weighted by Gasteiger charge is 2.31. The summed E-state index contributed by atoms with van der Waals surface area (Å²) in [7, 11) is -4.17. The molecular formula is C24H35N5O7S. The molecule has 2 heterocycles. The summed E-state index contributed by atoms with van der Waals surface area (Å²) in [5, 5.41) is 18.7. The van der Waals surface area contributed by atoms with Gasteiger partial charge in [0.1, 0.15) is 10.6 Å². The third-order valence-corrected chi connectivity index (χ3v) is 7.65. The Balaban J connectivity index is 2.04. The van der Waals surface area contributed by atoms with Crippen LogP contribution in [0.4, 0.5) is 5.69 Å². The summed E-state index contributed by atoms with van der Waals surface area (Å²) in [5.41, 5.74) is -0.502. The lowest BCUT2D eigenvalue weighted by Gasteiger charge is -2.23. The molecule has 1 amide bonds. The third kappa shape index (κ3) is 6.65. The highest BCUT2D eigenvalue weighted by molar-refractivity contribution is 7.89. The summed E-state index contributed by atoms with van der Waals surface area (Å²) in [6.45, 7) is 11.8. The molecule has 1 aliphatic rings. The van der Waals surface area contributed by atoms with Crippen LogP contribution in [0, 0.1) is 17.0 Å². The van der Waals surface area contributed by atoms with Crippen molar-refractivity contribution in [3.8, 4) is 11.6 Å². The first kappa shape index (κ1) is 28.5. The van der Waals surface area contributed by atoms with Crippen LogP contribution in [0.3, 0.4) is 0 Å². The van der Waals surface area contributed by atoms with Gasteiger partial charge >= 0.3 is 0 Å². The second kappa shape index (κ2) is 11.2. The summed E-state index contributed by atoms with van der Waals surface area (Å²) in [6.07, 6.45) is 2.29. The number of rotatable bonds is 10. The Morgan fingerprint density at radius 2 is 2.08 bits per heavy atom. The van der Waals surface area contributed by atoms with E-state index in [4.69, 9.17) is 9.47 Å². The Hall–Kier alpha value is -3.03. The Morgan fingerprint density at radius 1 is 1.38 bits per heavy atom. The molecule has 1 aromatic carbocycles. The molecule has 2 aromatic rings. The van der Waals surface area contributed by atoms with Crippen molar-refractivity contribution in [2.45, 2.75) is 83.4 Å². The minimum Gasteiger partial charge on any atom is -0.438 e. The number of ether oxygens (including phenoxy) is 2. The molecule has 1 saturated heterocycles. The first-order chi connectivity index (χ1) is 17.2. The lowest BCUT2D eigenvalue weighted by Crippen LogP contribution is -2.32. The number of non-ortho nitro benzene ring substituents is 1. The van der Waals surface area contributed by atoms with Gasteiger partial charge in [0, 0.05) is 36.9 Å². The Labute approximate surface area is 216 Å². The molecule has 12 nitrogen and oxygen atoms in total. The summed E-state index contributed by atoms with van der Waals surface area (Å²) < 4.78 is 42.0. The highest BCUT2D eigenvalue weighted by atomic mass is 32.2. The molecular weight excluding hydrogens is 502 g/mol. The fraction of sp³-hybridized carbons (Fsp3) is 0.583. The summed E-state index contributed by atoms with van der Waals surface area (Å²) >= 11 is 0. The normalized spacial score (nSPS) is 17.0. The van der Waals surface area contributed by atoms with Gasteiger partial charge in [-0.1, -0.05) is 6.92 Å². The van der Waals surface area contributed by atoms with E-state index in [1.54, 1.807) is 13.8 Å². The van der Waals surface area contributed by atoms with E-state index in [0.717, 1.165) is 18.9 Å². The van der Waals surface area contributed by atoms with Crippen molar-refractivity contribution in [3.05, 3.63) is 39.6 Å². The van der Waals surface area contributed by atoms with Crippen LogP contribution in [-0.2, 0) is 20.3 Å². The molecule has 0 bridgehead atoms. The minimum atomic E-state index is -4.17. The number of sulfonamides is 1. The number of carbonyl (C=O) groups excluding carboxylic acids is 1. The molecule has 204 valence electrons. The van der Waals surface area contributed by atoms with Crippen molar-refractivity contribution in [2.75, 3.05) is 13.2 Å². The second-order valence-electron chi connectivity index (χ2n) is 10.1. The van der Waals surface area contributed by atoms with Gasteiger partial charge in [-0.25, -0.2) is 17.8 Å². The second-order valence-corrected chi connectivity index (χ2v) is 11.8. The number of nitrogens with one attached hydrogen (secondary N) is 2. The van der Waals surface area contributed by atoms with E-state index in [0.29, 0.717) is 25.1 Å². The minimum absolute atomic E-state index is 0.0458. The number of hydrogen-bond donors (Lipinski definition) is 2. The van der Waals surface area contributed by atoms with Gasteiger partial charge in [-0.2, -0.15) is 5.10 Å². The van der Waals surface area contributed by atoms with Crippen LogP contribution >= 0.6 is 0 Å². The molecule has 2 N–H and O–H groups in total. The van der Waals surface area contributed by atoms with Gasteiger partial charge < -0.3 is 14.8 Å². The van der Waals surface area contributed by atoms with Gasteiger partial charge in [0.25, 0.3) is 11.6 Å². The van der Waals surface area contributed by atoms with Crippen LogP contribution in [-0.4, -0.2) is 54.3 Å². The molecule has 37 heavy (non-hydrogen) atoms. The van der Waals surface area contributed by atoms with Crippen molar-refractivity contribution in [2.24, 2.45) is 0 Å². The number of nitro benzene ring substituents is 1. The van der Waals surface area contributed by atoms with E-state index in [1.165, 1.54) is 16.8 Å². The lowest BCUT2D eigenvalue weighted by molar-refractivity contribution is -0.385. The summed E-state index contributed by atoms with van der Waals surface area (Å²) in [6, 6.07) is 2.96. The van der Waals surface area contributed by atoms with E-state index in [2.05, 4.69) is 15.1 Å². The molecule has 2 atom stereocenters. The molecule has 0 unspecified atom stereocenters. The Bertz CT molecular complexity index is 1260. The number of aromatic nitrogens is 2. The molecule has 1 aliphatic heterocycles. The Morgan fingerprint density at radius 3 is 2.65 bits per heavy atom. The van der Waals surface area contributed by atoms with Gasteiger partial charge in [0.15, 0.2) is 5.69 Å². The zero-order valence-electron chi connectivity index (χ0n) is 22.0. The molecule has 1 fully saturated rings. The van der Waals surface area contributed by atoms with Crippen LogP contribution in [0.15, 0.2) is 23.1 Å². The van der Waals surface area contributed by atoms with Gasteiger partial charge in [-0.3, -0.25) is 14.9 Å². The average Bonchev–Trinajstić information content (AvgIpc) is 3.45. The quantitative estimate of drug-likeness (QED) is 0.344. The van der Waals surface area contributed by atoms with E-state index in [1.807, 2.05) is 27.7 Å². The fourth-order valence-electron chi connectivity index (χ4n) is 3.79. The van der Waals surface area contributed by atoms with Crippen LogP contribution in [0.1, 0.15) is 69.9 Å². The molecule has 0 saturated carbocycles. The predicted octanol–water partition coefficient (Wildman–Crippen LogP) is 3.63. The van der Waals surface area contributed by atoms with Crippen molar-refractivity contribution >= 4 is 21.6 Å². The maximum absolute atomic E-state index is 13.2. The lowest BCUT2D eigenvalue weighted by atomic mass is 10.1. The van der Waals surface area contributed by atoms with E-state index >= 15 is 0 Å². The third-order valence-electron chi connectivity index (χ3n) is 6.04. The smallest absolute Gasteiger partial charge is 0.272 e. The number of benzene rings is 1. The number of carbonyl (C=O) groups is 1. The topological polar surface area (TPSA) is 155 Å². The standard InChI is InChI=1S/C24H35N5O7S/c1-7-15(2)27-37(33,34)20-13-17(29(31)32)10-11-19(20)36-23-16(3)21(26-28(23)24(4,5)6)22(30)25-14-18-9-8-12-35-18/h10-11,13,15,18,27H,7-9,12,14H2,1-6H3,(H,25,30)/t15-,18-/m0/s1. The van der Waals surface area contributed by atoms with E-state index < -0.39 is 38.1 Å². The van der Waals surface area contributed by atoms with Crippen molar-refractivity contribution in [3.63, 3.8) is 0 Å². The molecule has 3 rings (SSSR count). The number of nitro groups is 1. The molecule has 1 aromatic heterocycles. The largest absolute Gasteiger partial charge is 0.438 e. The zero-order chi connectivity index (χ0) is 27.5. The zero-order valence-corrected chi connectivity index (χ0v) is 22.8. The van der Waals surface area contributed by atoms with Crippen LogP contribution in [0.5, 0.6) is 11.6 Å². The van der Waals surface area contributed by atoms with Crippen LogP contribution in [0.2, 0.25) is 0 Å². The number of nitrogens with zero attached hydrogens (tertiary/aromatic N) is 3. The molecule has 13 heteroatoms. The van der Waals surface area contributed by atoms with Crippen molar-refractivity contribution < 1.29 is 27.6 Å². The molecule has 0 aliphatic carbocycles. The summed E-state index contributed by atoms with van der Waals surface area (Å²) in [5.74, 6) is -0.374. The summed E-state index contributed by atoms with van der Waals surface area (Å²) in [4.78, 5) is 23.3. The van der Waals surface area contributed by atoms with Gasteiger partial charge in [-0.15, -0.1) is 0 Å². The maximum Gasteiger partial charge on any atom is 0.272 e. The van der Waals surface area contributed by atoms with Gasteiger partial charge in [0.05, 0.1) is 16.6 Å². The number of amides is 1. The Kier molecular flexibility index (Phi) is 8.60. The average molecular weight is 538 g/mol. The fourth-order valence-corrected chi connectivity index (χ4v) is 5.26. The highest BCUT2D eigenvalue weighted by Crippen LogP contribution is 2.36. The van der Waals surface area contributed by atoms with Crippen molar-refractivity contribution in [1.29, 1.82) is 0 Å². The SMILES string of the molecule is CC[C@H](C)NS(=O)(=O)c1cc([N+](=O)[O-])ccc1Oc1c(C)c(C(=O)NC[C@@H]2CCCO2)nn1C(C)(C)C. The predicted molar refractivity (Wildman–Crippen MR) is 137 cm³/mol. The van der Waals surface area contributed by atoms with E-state index in [9.17, 15) is 23.3 Å². The molecule has 0 radical (unpaired) electrons. The molecule has 0 spiro atoms. The monoisotopic (exact) mass is 537 g/mol. The van der Waals surface area contributed by atoms with Crippen LogP contribution in [0.25, 0.3) is 0 Å².